The van der Waals surface area contributed by atoms with Crippen LogP contribution < -0.4 is 0 Å². The summed E-state index contributed by atoms with van der Waals surface area (Å²) in [5.74, 6) is 2.54. The molecular formula is C20H34O3. The summed E-state index contributed by atoms with van der Waals surface area (Å²) < 4.78 is 4.89. The highest BCUT2D eigenvalue weighted by molar-refractivity contribution is 5.96. The van der Waals surface area contributed by atoms with Crippen molar-refractivity contribution in [2.75, 3.05) is 6.61 Å². The first kappa shape index (κ1) is 18.5. The van der Waals surface area contributed by atoms with Gasteiger partial charge in [0, 0.05) is 5.92 Å². The number of carbonyl (C=O) groups is 2. The van der Waals surface area contributed by atoms with E-state index in [4.69, 9.17) is 4.74 Å². The molecule has 0 bridgehead atoms. The quantitative estimate of drug-likeness (QED) is 0.493. The van der Waals surface area contributed by atoms with Crippen molar-refractivity contribution in [2.24, 2.45) is 23.7 Å². The average molecular weight is 322 g/mol. The zero-order valence-electron chi connectivity index (χ0n) is 15.0. The minimum atomic E-state index is -0.353. The highest BCUT2D eigenvalue weighted by Gasteiger charge is 2.33. The Hall–Kier alpha value is -0.860. The molecule has 3 nitrogen and oxygen atoms in total. The zero-order valence-corrected chi connectivity index (χ0v) is 15.0. The fourth-order valence-electron chi connectivity index (χ4n) is 4.77. The molecule has 0 N–H and O–H groups in total. The molecule has 132 valence electrons. The molecule has 0 aromatic carbocycles. The van der Waals surface area contributed by atoms with Gasteiger partial charge < -0.3 is 4.74 Å². The van der Waals surface area contributed by atoms with Gasteiger partial charge in [-0.3, -0.25) is 9.59 Å². The molecule has 2 saturated carbocycles. The minimum Gasteiger partial charge on any atom is -0.466 e. The smallest absolute Gasteiger partial charge is 0.313 e. The highest BCUT2D eigenvalue weighted by atomic mass is 16.5. The Labute approximate surface area is 141 Å². The summed E-state index contributed by atoms with van der Waals surface area (Å²) in [6.07, 6.45) is 12.7. The topological polar surface area (TPSA) is 43.4 Å². The lowest BCUT2D eigenvalue weighted by Crippen LogP contribution is -2.29. The number of ketones is 1. The van der Waals surface area contributed by atoms with E-state index in [-0.39, 0.29) is 24.1 Å². The van der Waals surface area contributed by atoms with Gasteiger partial charge in [0.05, 0.1) is 6.61 Å². The molecule has 0 saturated heterocycles. The second-order valence-corrected chi connectivity index (χ2v) is 7.63. The van der Waals surface area contributed by atoms with Gasteiger partial charge in [-0.05, 0) is 63.2 Å². The van der Waals surface area contributed by atoms with Crippen LogP contribution in [0.5, 0.6) is 0 Å². The average Bonchev–Trinajstić information content (AvgIpc) is 2.56. The number of ether oxygens (including phenoxy) is 1. The van der Waals surface area contributed by atoms with Gasteiger partial charge >= 0.3 is 5.97 Å². The Balaban J connectivity index is 1.70. The summed E-state index contributed by atoms with van der Waals surface area (Å²) in [7, 11) is 0. The first-order valence-corrected chi connectivity index (χ1v) is 9.82. The lowest BCUT2D eigenvalue weighted by molar-refractivity contribution is -0.146. The summed E-state index contributed by atoms with van der Waals surface area (Å²) in [5, 5.41) is 0. The van der Waals surface area contributed by atoms with E-state index in [0.29, 0.717) is 6.61 Å². The van der Waals surface area contributed by atoms with Crippen LogP contribution >= 0.6 is 0 Å². The van der Waals surface area contributed by atoms with Gasteiger partial charge in [0.1, 0.15) is 12.2 Å². The lowest BCUT2D eigenvalue weighted by Gasteiger charge is -2.37. The fraction of sp³-hybridized carbons (Fsp3) is 0.900. The third-order valence-corrected chi connectivity index (χ3v) is 6.11. The molecule has 0 spiro atoms. The van der Waals surface area contributed by atoms with E-state index in [0.717, 1.165) is 30.6 Å². The van der Waals surface area contributed by atoms with Crippen molar-refractivity contribution in [3.8, 4) is 0 Å². The molecule has 0 heterocycles. The van der Waals surface area contributed by atoms with Gasteiger partial charge in [-0.2, -0.15) is 0 Å². The number of hydrogen-bond donors (Lipinski definition) is 0. The normalized spacial score (nSPS) is 31.6. The van der Waals surface area contributed by atoms with Crippen molar-refractivity contribution in [1.82, 2.24) is 0 Å². The zero-order chi connectivity index (χ0) is 16.7. The Morgan fingerprint density at radius 1 is 0.870 bits per heavy atom. The SMILES string of the molecule is CCC[C@H]1CC[C@H](C2CCC(C(=O)CC(=O)OCC)CC2)CC1. The summed E-state index contributed by atoms with van der Waals surface area (Å²) in [6, 6.07) is 0. The van der Waals surface area contributed by atoms with E-state index < -0.39 is 0 Å². The number of rotatable bonds is 7. The van der Waals surface area contributed by atoms with Gasteiger partial charge in [0.2, 0.25) is 0 Å². The molecular weight excluding hydrogens is 288 g/mol. The van der Waals surface area contributed by atoms with Crippen molar-refractivity contribution in [2.45, 2.75) is 84.5 Å². The van der Waals surface area contributed by atoms with Crippen LogP contribution in [0.25, 0.3) is 0 Å². The molecule has 0 amide bonds. The molecule has 0 aromatic heterocycles. The molecule has 0 unspecified atom stereocenters. The second kappa shape index (κ2) is 9.44. The van der Waals surface area contributed by atoms with E-state index in [1.165, 1.54) is 51.4 Å². The first-order chi connectivity index (χ1) is 11.1. The highest BCUT2D eigenvalue weighted by Crippen LogP contribution is 2.42. The van der Waals surface area contributed by atoms with Crippen LogP contribution in [0, 0.1) is 23.7 Å². The maximum atomic E-state index is 12.2. The first-order valence-electron chi connectivity index (χ1n) is 9.82. The molecule has 23 heavy (non-hydrogen) atoms. The molecule has 3 heteroatoms. The van der Waals surface area contributed by atoms with Crippen molar-refractivity contribution in [3.05, 3.63) is 0 Å². The summed E-state index contributed by atoms with van der Waals surface area (Å²) in [6.45, 7) is 4.43. The Morgan fingerprint density at radius 2 is 1.43 bits per heavy atom. The Bertz CT molecular complexity index is 374. The predicted molar refractivity (Wildman–Crippen MR) is 92.1 cm³/mol. The van der Waals surface area contributed by atoms with Crippen LogP contribution in [0.1, 0.15) is 84.5 Å². The van der Waals surface area contributed by atoms with E-state index >= 15 is 0 Å². The number of Topliss-reactive ketones (excluding diaryl/α,β-unsaturated/α-hetero) is 1. The maximum Gasteiger partial charge on any atom is 0.313 e. The van der Waals surface area contributed by atoms with Gasteiger partial charge in [-0.1, -0.05) is 32.6 Å². The molecule has 2 aliphatic rings. The van der Waals surface area contributed by atoms with E-state index in [9.17, 15) is 9.59 Å². The third-order valence-electron chi connectivity index (χ3n) is 6.11. The lowest BCUT2D eigenvalue weighted by atomic mass is 9.68. The van der Waals surface area contributed by atoms with Crippen LogP contribution in [0.15, 0.2) is 0 Å². The van der Waals surface area contributed by atoms with Crippen LogP contribution in [-0.2, 0) is 14.3 Å². The number of carbonyl (C=O) groups excluding carboxylic acids is 2. The van der Waals surface area contributed by atoms with Crippen LogP contribution in [-0.4, -0.2) is 18.4 Å². The summed E-state index contributed by atoms with van der Waals surface area (Å²) in [4.78, 5) is 23.6. The molecule has 2 aliphatic carbocycles. The summed E-state index contributed by atoms with van der Waals surface area (Å²) in [5.41, 5.74) is 0. The minimum absolute atomic E-state index is 0.0225. The molecule has 2 fully saturated rings. The van der Waals surface area contributed by atoms with Gasteiger partial charge in [0.25, 0.3) is 0 Å². The van der Waals surface area contributed by atoms with Crippen molar-refractivity contribution in [3.63, 3.8) is 0 Å². The largest absolute Gasteiger partial charge is 0.466 e. The van der Waals surface area contributed by atoms with Crippen molar-refractivity contribution in [1.29, 1.82) is 0 Å². The van der Waals surface area contributed by atoms with Crippen molar-refractivity contribution < 1.29 is 14.3 Å². The Kier molecular flexibility index (Phi) is 7.58. The van der Waals surface area contributed by atoms with Gasteiger partial charge in [-0.15, -0.1) is 0 Å². The Morgan fingerprint density at radius 3 is 1.96 bits per heavy atom. The van der Waals surface area contributed by atoms with Crippen LogP contribution in [0.2, 0.25) is 0 Å². The predicted octanol–water partition coefficient (Wildman–Crippen LogP) is 4.92. The second-order valence-electron chi connectivity index (χ2n) is 7.63. The van der Waals surface area contributed by atoms with Crippen LogP contribution in [0.3, 0.4) is 0 Å². The standard InChI is InChI=1S/C20H34O3/c1-3-5-15-6-8-16(9-7-15)17-10-12-18(13-11-17)19(21)14-20(22)23-4-2/h15-18H,3-14H2,1-2H3/t15-,16-,17?,18?. The molecule has 0 radical (unpaired) electrons. The number of esters is 1. The maximum absolute atomic E-state index is 12.2. The van der Waals surface area contributed by atoms with Gasteiger partial charge in [-0.25, -0.2) is 0 Å². The molecule has 2 rings (SSSR count). The fourth-order valence-corrected chi connectivity index (χ4v) is 4.77. The third kappa shape index (κ3) is 5.61. The van der Waals surface area contributed by atoms with Crippen LogP contribution in [0.4, 0.5) is 0 Å². The molecule has 0 aliphatic heterocycles. The monoisotopic (exact) mass is 322 g/mol. The molecule has 0 aromatic rings. The van der Waals surface area contributed by atoms with E-state index in [1.807, 2.05) is 0 Å². The molecule has 0 atom stereocenters. The summed E-state index contributed by atoms with van der Waals surface area (Å²) >= 11 is 0. The van der Waals surface area contributed by atoms with Crippen molar-refractivity contribution >= 4 is 11.8 Å². The van der Waals surface area contributed by atoms with Gasteiger partial charge in [0.15, 0.2) is 0 Å². The number of hydrogen-bond acceptors (Lipinski definition) is 3. The van der Waals surface area contributed by atoms with E-state index in [2.05, 4.69) is 6.92 Å². The van der Waals surface area contributed by atoms with E-state index in [1.54, 1.807) is 6.92 Å².